The monoisotopic (exact) mass is 545 g/mol. The molecule has 8 heteroatoms. The Kier molecular flexibility index (Phi) is 11.2. The Hall–Kier alpha value is -2.58. The Morgan fingerprint density at radius 2 is 1.72 bits per heavy atom. The molecule has 0 radical (unpaired) electrons. The van der Waals surface area contributed by atoms with E-state index < -0.39 is 35.0 Å². The SMILES string of the molecule is CCCN(CCC)C(=O)C1=CC(C)=CC(C(N)=O)([C@H](Cc2cc(F)cc(F)c2)[C@@H](O)CNC2CCCCC2)C1. The zero-order valence-corrected chi connectivity index (χ0v) is 23.6. The molecule has 39 heavy (non-hydrogen) atoms. The second-order valence-electron chi connectivity index (χ2n) is 11.3. The molecule has 3 rings (SSSR count). The molecule has 0 bridgehead atoms. The van der Waals surface area contributed by atoms with Crippen molar-refractivity contribution >= 4 is 11.8 Å². The summed E-state index contributed by atoms with van der Waals surface area (Å²) < 4.78 is 28.3. The summed E-state index contributed by atoms with van der Waals surface area (Å²) in [5.41, 5.74) is 6.16. The summed E-state index contributed by atoms with van der Waals surface area (Å²) >= 11 is 0. The van der Waals surface area contributed by atoms with Gasteiger partial charge < -0.3 is 21.1 Å². The summed E-state index contributed by atoms with van der Waals surface area (Å²) in [5.74, 6) is -3.09. The Morgan fingerprint density at radius 3 is 2.28 bits per heavy atom. The molecule has 1 aromatic carbocycles. The third-order valence-corrected chi connectivity index (χ3v) is 8.10. The third kappa shape index (κ3) is 7.98. The van der Waals surface area contributed by atoms with Crippen molar-refractivity contribution in [2.45, 2.75) is 90.7 Å². The largest absolute Gasteiger partial charge is 0.391 e. The Morgan fingerprint density at radius 1 is 1.10 bits per heavy atom. The molecule has 6 nitrogen and oxygen atoms in total. The minimum atomic E-state index is -1.41. The maximum atomic E-state index is 14.2. The molecule has 0 aromatic heterocycles. The molecule has 1 fully saturated rings. The lowest BCUT2D eigenvalue weighted by molar-refractivity contribution is -0.132. The number of amides is 2. The van der Waals surface area contributed by atoms with E-state index in [1.165, 1.54) is 18.6 Å². The number of aliphatic hydroxyl groups excluding tert-OH is 1. The van der Waals surface area contributed by atoms with Gasteiger partial charge in [0, 0.05) is 43.2 Å². The van der Waals surface area contributed by atoms with Crippen LogP contribution in [0.15, 0.2) is 41.5 Å². The van der Waals surface area contributed by atoms with Crippen LogP contribution in [0.1, 0.15) is 77.7 Å². The number of allylic oxidation sites excluding steroid dienone is 2. The van der Waals surface area contributed by atoms with Crippen molar-refractivity contribution in [2.24, 2.45) is 17.1 Å². The molecular formula is C31H45F2N3O3. The summed E-state index contributed by atoms with van der Waals surface area (Å²) in [7, 11) is 0. The van der Waals surface area contributed by atoms with Crippen molar-refractivity contribution in [3.05, 3.63) is 58.7 Å². The molecular weight excluding hydrogens is 500 g/mol. The lowest BCUT2D eigenvalue weighted by Crippen LogP contribution is -2.52. The van der Waals surface area contributed by atoms with Gasteiger partial charge in [-0.15, -0.1) is 0 Å². The number of hydrogen-bond donors (Lipinski definition) is 3. The number of nitrogens with one attached hydrogen (secondary N) is 1. The van der Waals surface area contributed by atoms with Crippen LogP contribution in [-0.4, -0.2) is 53.6 Å². The van der Waals surface area contributed by atoms with Gasteiger partial charge in [-0.1, -0.05) is 50.8 Å². The molecule has 216 valence electrons. The summed E-state index contributed by atoms with van der Waals surface area (Å²) in [4.78, 5) is 28.7. The van der Waals surface area contributed by atoms with Gasteiger partial charge in [-0.3, -0.25) is 9.59 Å². The summed E-state index contributed by atoms with van der Waals surface area (Å²) in [5, 5.41) is 15.0. The molecule has 4 N–H and O–H groups in total. The first-order valence-corrected chi connectivity index (χ1v) is 14.4. The van der Waals surface area contributed by atoms with Crippen molar-refractivity contribution in [3.8, 4) is 0 Å². The standard InChI is InChI=1S/C31H45F2N3O3/c1-4-11-36(12-5-2)29(38)23-13-21(3)18-31(19-23,30(34)39)27(16-22-14-24(32)17-25(33)15-22)28(37)20-35-26-9-7-6-8-10-26/h13-15,17-18,26-28,35,37H,4-12,16,19-20H2,1-3H3,(H2,34,39)/t27-,28+,31?/m1/s1. The smallest absolute Gasteiger partial charge is 0.249 e. The highest BCUT2D eigenvalue weighted by atomic mass is 19.1. The van der Waals surface area contributed by atoms with Crippen LogP contribution in [0.5, 0.6) is 0 Å². The van der Waals surface area contributed by atoms with Crippen LogP contribution in [0.4, 0.5) is 8.78 Å². The number of hydrogen-bond acceptors (Lipinski definition) is 4. The molecule has 0 spiro atoms. The molecule has 2 amide bonds. The fraction of sp³-hybridized carbons (Fsp3) is 0.613. The molecule has 1 aromatic rings. The van der Waals surface area contributed by atoms with E-state index in [1.54, 1.807) is 24.0 Å². The van der Waals surface area contributed by atoms with Crippen molar-refractivity contribution in [1.29, 1.82) is 0 Å². The highest BCUT2D eigenvalue weighted by molar-refractivity contribution is 5.96. The minimum absolute atomic E-state index is 0.0179. The fourth-order valence-electron chi connectivity index (χ4n) is 6.29. The van der Waals surface area contributed by atoms with E-state index in [9.17, 15) is 23.5 Å². The van der Waals surface area contributed by atoms with E-state index >= 15 is 0 Å². The molecule has 1 saturated carbocycles. The van der Waals surface area contributed by atoms with Crippen LogP contribution in [0.2, 0.25) is 0 Å². The highest BCUT2D eigenvalue weighted by Crippen LogP contribution is 2.44. The predicted molar refractivity (Wildman–Crippen MR) is 150 cm³/mol. The normalized spacial score (nSPS) is 21.6. The van der Waals surface area contributed by atoms with E-state index in [-0.39, 0.29) is 31.3 Å². The van der Waals surface area contributed by atoms with E-state index in [1.807, 2.05) is 13.8 Å². The number of nitrogens with zero attached hydrogens (tertiary/aromatic N) is 1. The van der Waals surface area contributed by atoms with Gasteiger partial charge in [0.25, 0.3) is 0 Å². The van der Waals surface area contributed by atoms with Crippen LogP contribution in [0.3, 0.4) is 0 Å². The van der Waals surface area contributed by atoms with E-state index in [2.05, 4.69) is 5.32 Å². The molecule has 2 aliphatic rings. The first-order valence-electron chi connectivity index (χ1n) is 14.4. The maximum absolute atomic E-state index is 14.2. The lowest BCUT2D eigenvalue weighted by Gasteiger charge is -2.42. The van der Waals surface area contributed by atoms with Gasteiger partial charge in [0.2, 0.25) is 11.8 Å². The van der Waals surface area contributed by atoms with Gasteiger partial charge in [-0.2, -0.15) is 0 Å². The zero-order valence-electron chi connectivity index (χ0n) is 23.6. The second kappa shape index (κ2) is 14.2. The van der Waals surface area contributed by atoms with Crippen molar-refractivity contribution in [2.75, 3.05) is 19.6 Å². The average molecular weight is 546 g/mol. The fourth-order valence-corrected chi connectivity index (χ4v) is 6.29. The van der Waals surface area contributed by atoms with E-state index in [0.29, 0.717) is 29.8 Å². The topological polar surface area (TPSA) is 95.7 Å². The number of aliphatic hydroxyl groups is 1. The van der Waals surface area contributed by atoms with Gasteiger partial charge in [0.15, 0.2) is 0 Å². The van der Waals surface area contributed by atoms with E-state index in [0.717, 1.165) is 44.6 Å². The predicted octanol–water partition coefficient (Wildman–Crippen LogP) is 4.80. The van der Waals surface area contributed by atoms with Crippen LogP contribution in [-0.2, 0) is 16.0 Å². The number of benzene rings is 1. The minimum Gasteiger partial charge on any atom is -0.391 e. The second-order valence-corrected chi connectivity index (χ2v) is 11.3. The first kappa shape index (κ1) is 31.0. The molecule has 1 unspecified atom stereocenters. The first-order chi connectivity index (χ1) is 18.6. The quantitative estimate of drug-likeness (QED) is 0.332. The molecule has 0 aliphatic heterocycles. The van der Waals surface area contributed by atoms with Gasteiger partial charge >= 0.3 is 0 Å². The Bertz CT molecular complexity index is 1040. The Balaban J connectivity index is 1.99. The van der Waals surface area contributed by atoms with Crippen LogP contribution >= 0.6 is 0 Å². The molecule has 0 heterocycles. The maximum Gasteiger partial charge on any atom is 0.249 e. The van der Waals surface area contributed by atoms with Gasteiger partial charge in [-0.05, 0) is 63.1 Å². The number of rotatable bonds is 13. The average Bonchev–Trinajstić information content (AvgIpc) is 2.89. The van der Waals surface area contributed by atoms with Crippen molar-refractivity contribution in [1.82, 2.24) is 10.2 Å². The zero-order chi connectivity index (χ0) is 28.6. The Labute approximate surface area is 231 Å². The van der Waals surface area contributed by atoms with Crippen molar-refractivity contribution < 1.29 is 23.5 Å². The van der Waals surface area contributed by atoms with Gasteiger partial charge in [0.1, 0.15) is 11.6 Å². The number of nitrogens with two attached hydrogens (primary N) is 1. The number of primary amides is 1. The van der Waals surface area contributed by atoms with Gasteiger partial charge in [-0.25, -0.2) is 8.78 Å². The van der Waals surface area contributed by atoms with Crippen LogP contribution in [0.25, 0.3) is 0 Å². The van der Waals surface area contributed by atoms with Crippen molar-refractivity contribution in [3.63, 3.8) is 0 Å². The summed E-state index contributed by atoms with van der Waals surface area (Å²) in [6.07, 6.45) is 9.57. The van der Waals surface area contributed by atoms with Gasteiger partial charge in [0.05, 0.1) is 11.5 Å². The van der Waals surface area contributed by atoms with Crippen LogP contribution < -0.4 is 11.1 Å². The molecule has 2 aliphatic carbocycles. The van der Waals surface area contributed by atoms with Crippen LogP contribution in [0, 0.1) is 23.0 Å². The highest BCUT2D eigenvalue weighted by Gasteiger charge is 2.48. The number of carbonyl (C=O) groups excluding carboxylic acids is 2. The molecule has 3 atom stereocenters. The number of halogens is 2. The number of carbonyl (C=O) groups is 2. The summed E-state index contributed by atoms with van der Waals surface area (Å²) in [6.45, 7) is 7.22. The lowest BCUT2D eigenvalue weighted by atomic mass is 9.63. The van der Waals surface area contributed by atoms with E-state index in [4.69, 9.17) is 5.73 Å². The summed E-state index contributed by atoms with van der Waals surface area (Å²) in [6, 6.07) is 3.50. The third-order valence-electron chi connectivity index (χ3n) is 8.10. The molecule has 0 saturated heterocycles.